The number of esters is 1. The predicted octanol–water partition coefficient (Wildman–Crippen LogP) is 2.31. The highest BCUT2D eigenvalue weighted by Gasteiger charge is 2.16. The average molecular weight is 361 g/mol. The van der Waals surface area contributed by atoms with E-state index in [-0.39, 0.29) is 27.7 Å². The third kappa shape index (κ3) is 4.49. The summed E-state index contributed by atoms with van der Waals surface area (Å²) < 4.78 is 4.81. The van der Waals surface area contributed by atoms with Gasteiger partial charge in [-0.25, -0.2) is 9.78 Å². The van der Waals surface area contributed by atoms with Gasteiger partial charge in [0.1, 0.15) is 11.2 Å². The molecule has 0 saturated carbocycles. The number of hydrogen-bond donors (Lipinski definition) is 1. The van der Waals surface area contributed by atoms with Gasteiger partial charge >= 0.3 is 5.97 Å². The Morgan fingerprint density at radius 1 is 1.40 bits per heavy atom. The molecule has 0 unspecified atom stereocenters. The summed E-state index contributed by atoms with van der Waals surface area (Å²) in [4.78, 5) is 37.4. The molecule has 2 aromatic rings. The number of nitrogens with zero attached hydrogens (tertiary/aromatic N) is 3. The van der Waals surface area contributed by atoms with Crippen molar-refractivity contribution < 1.29 is 19.2 Å². The second kappa shape index (κ2) is 7.85. The van der Waals surface area contributed by atoms with Crippen molar-refractivity contribution in [1.82, 2.24) is 4.98 Å². The first-order valence-corrected chi connectivity index (χ1v) is 7.06. The lowest BCUT2D eigenvalue weighted by Crippen LogP contribution is -2.21. The summed E-state index contributed by atoms with van der Waals surface area (Å²) in [5, 5.41) is 22.0. The van der Waals surface area contributed by atoms with Gasteiger partial charge in [-0.3, -0.25) is 14.9 Å². The van der Waals surface area contributed by atoms with Gasteiger partial charge in [0.05, 0.1) is 21.7 Å². The van der Waals surface area contributed by atoms with Gasteiger partial charge in [0.2, 0.25) is 0 Å². The van der Waals surface area contributed by atoms with Gasteiger partial charge in [0, 0.05) is 18.3 Å². The molecule has 0 saturated heterocycles. The van der Waals surface area contributed by atoms with E-state index in [0.29, 0.717) is 0 Å². The number of amides is 1. The maximum Gasteiger partial charge on any atom is 0.341 e. The number of carbonyl (C=O) groups is 2. The first-order chi connectivity index (χ1) is 11.9. The fraction of sp³-hybridized carbons (Fsp3) is 0.0667. The average Bonchev–Trinajstić information content (AvgIpc) is 2.60. The molecule has 0 radical (unpaired) electrons. The number of nitro benzene ring substituents is 1. The second-order valence-electron chi connectivity index (χ2n) is 4.56. The number of ether oxygens (including phenoxy) is 1. The Bertz CT molecular complexity index is 894. The SMILES string of the molecule is N#Cc1cc([N+](=O)[O-])ccc1NC(=O)COC(=O)c1cccnc1Cl. The summed E-state index contributed by atoms with van der Waals surface area (Å²) in [5.41, 5.74) is -0.310. The molecule has 2 rings (SSSR count). The van der Waals surface area contributed by atoms with E-state index >= 15 is 0 Å². The van der Waals surface area contributed by atoms with Gasteiger partial charge in [0.15, 0.2) is 6.61 Å². The molecule has 1 amide bonds. The monoisotopic (exact) mass is 360 g/mol. The fourth-order valence-electron chi connectivity index (χ4n) is 1.78. The molecule has 1 aromatic heterocycles. The number of benzene rings is 1. The molecular formula is C15H9ClN4O5. The first-order valence-electron chi connectivity index (χ1n) is 6.68. The van der Waals surface area contributed by atoms with Crippen LogP contribution in [-0.4, -0.2) is 28.4 Å². The van der Waals surface area contributed by atoms with Gasteiger partial charge in [-0.15, -0.1) is 0 Å². The molecule has 0 aliphatic carbocycles. The Labute approximate surface area is 146 Å². The van der Waals surface area contributed by atoms with E-state index < -0.39 is 23.4 Å². The minimum Gasteiger partial charge on any atom is -0.452 e. The van der Waals surface area contributed by atoms with Crippen molar-refractivity contribution in [3.05, 3.63) is 62.9 Å². The summed E-state index contributed by atoms with van der Waals surface area (Å²) in [7, 11) is 0. The maximum atomic E-state index is 11.8. The number of aromatic nitrogens is 1. The third-order valence-corrected chi connectivity index (χ3v) is 3.22. The van der Waals surface area contributed by atoms with Crippen LogP contribution in [0.4, 0.5) is 11.4 Å². The first kappa shape index (κ1) is 17.8. The van der Waals surface area contributed by atoms with Crippen molar-refractivity contribution in [2.75, 3.05) is 11.9 Å². The van der Waals surface area contributed by atoms with Crippen LogP contribution in [0.3, 0.4) is 0 Å². The highest BCUT2D eigenvalue weighted by Crippen LogP contribution is 2.21. The number of halogens is 1. The molecule has 25 heavy (non-hydrogen) atoms. The smallest absolute Gasteiger partial charge is 0.341 e. The Kier molecular flexibility index (Phi) is 5.60. The van der Waals surface area contributed by atoms with Crippen LogP contribution in [0.2, 0.25) is 5.15 Å². The number of nitrogens with one attached hydrogen (secondary N) is 1. The van der Waals surface area contributed by atoms with Crippen molar-refractivity contribution in [2.24, 2.45) is 0 Å². The third-order valence-electron chi connectivity index (χ3n) is 2.92. The summed E-state index contributed by atoms with van der Waals surface area (Å²) >= 11 is 5.74. The number of rotatable bonds is 5. The zero-order valence-corrected chi connectivity index (χ0v) is 13.2. The van der Waals surface area contributed by atoms with Crippen molar-refractivity contribution >= 4 is 34.9 Å². The topological polar surface area (TPSA) is 135 Å². The van der Waals surface area contributed by atoms with E-state index in [1.54, 1.807) is 6.07 Å². The Morgan fingerprint density at radius 3 is 2.80 bits per heavy atom. The van der Waals surface area contributed by atoms with E-state index in [1.807, 2.05) is 0 Å². The Morgan fingerprint density at radius 2 is 2.16 bits per heavy atom. The molecule has 9 nitrogen and oxygen atoms in total. The highest BCUT2D eigenvalue weighted by atomic mass is 35.5. The Hall–Kier alpha value is -3.51. The van der Waals surface area contributed by atoms with Crippen LogP contribution in [0.1, 0.15) is 15.9 Å². The van der Waals surface area contributed by atoms with Crippen LogP contribution in [0.25, 0.3) is 0 Å². The van der Waals surface area contributed by atoms with Crippen LogP contribution >= 0.6 is 11.6 Å². The molecule has 126 valence electrons. The van der Waals surface area contributed by atoms with Crippen molar-refractivity contribution in [3.8, 4) is 6.07 Å². The number of nitro groups is 1. The minimum absolute atomic E-state index is 0.00464. The molecule has 0 bridgehead atoms. The minimum atomic E-state index is -0.836. The lowest BCUT2D eigenvalue weighted by molar-refractivity contribution is -0.384. The molecule has 1 heterocycles. The fourth-order valence-corrected chi connectivity index (χ4v) is 1.98. The normalized spacial score (nSPS) is 9.76. The number of non-ortho nitro benzene ring substituents is 1. The molecule has 1 N–H and O–H groups in total. The molecule has 0 aliphatic rings. The van der Waals surface area contributed by atoms with E-state index in [9.17, 15) is 19.7 Å². The summed E-state index contributed by atoms with van der Waals surface area (Å²) in [6.45, 7) is -0.633. The van der Waals surface area contributed by atoms with E-state index in [1.165, 1.54) is 24.4 Å². The molecule has 0 atom stereocenters. The van der Waals surface area contributed by atoms with Gasteiger partial charge < -0.3 is 10.1 Å². The number of nitriles is 1. The predicted molar refractivity (Wildman–Crippen MR) is 86.0 cm³/mol. The van der Waals surface area contributed by atoms with Crippen LogP contribution < -0.4 is 5.32 Å². The summed E-state index contributed by atoms with van der Waals surface area (Å²) in [6, 6.07) is 7.99. The lowest BCUT2D eigenvalue weighted by Gasteiger charge is -2.08. The number of pyridine rings is 1. The molecule has 0 aliphatic heterocycles. The molecule has 1 aromatic carbocycles. The quantitative estimate of drug-likeness (QED) is 0.374. The summed E-state index contributed by atoms with van der Waals surface area (Å²) in [6.07, 6.45) is 1.39. The number of hydrogen-bond acceptors (Lipinski definition) is 7. The second-order valence-corrected chi connectivity index (χ2v) is 4.92. The van der Waals surface area contributed by atoms with Crippen LogP contribution in [-0.2, 0) is 9.53 Å². The largest absolute Gasteiger partial charge is 0.452 e. The van der Waals surface area contributed by atoms with Crippen LogP contribution in [0.5, 0.6) is 0 Å². The number of carbonyl (C=O) groups excluding carboxylic acids is 2. The lowest BCUT2D eigenvalue weighted by atomic mass is 10.1. The molecular weight excluding hydrogens is 352 g/mol. The van der Waals surface area contributed by atoms with Gasteiger partial charge in [-0.05, 0) is 18.2 Å². The highest BCUT2D eigenvalue weighted by molar-refractivity contribution is 6.32. The van der Waals surface area contributed by atoms with Gasteiger partial charge in [-0.2, -0.15) is 5.26 Å². The zero-order chi connectivity index (χ0) is 18.4. The van der Waals surface area contributed by atoms with E-state index in [2.05, 4.69) is 10.3 Å². The van der Waals surface area contributed by atoms with Gasteiger partial charge in [-0.1, -0.05) is 11.6 Å². The van der Waals surface area contributed by atoms with Crippen molar-refractivity contribution in [3.63, 3.8) is 0 Å². The van der Waals surface area contributed by atoms with E-state index in [4.69, 9.17) is 21.6 Å². The van der Waals surface area contributed by atoms with Crippen molar-refractivity contribution in [1.29, 1.82) is 5.26 Å². The number of anilines is 1. The standard InChI is InChI=1S/C15H9ClN4O5/c16-14-11(2-1-5-18-14)15(22)25-8-13(21)19-12-4-3-10(20(23)24)6-9(12)7-17/h1-6H,8H2,(H,19,21). The molecule has 10 heteroatoms. The summed E-state index contributed by atoms with van der Waals surface area (Å²) in [5.74, 6) is -1.56. The van der Waals surface area contributed by atoms with Crippen LogP contribution in [0, 0.1) is 21.4 Å². The molecule has 0 fully saturated rings. The van der Waals surface area contributed by atoms with Crippen LogP contribution in [0.15, 0.2) is 36.5 Å². The Balaban J connectivity index is 2.01. The zero-order valence-electron chi connectivity index (χ0n) is 12.4. The van der Waals surface area contributed by atoms with Crippen molar-refractivity contribution in [2.45, 2.75) is 0 Å². The van der Waals surface area contributed by atoms with E-state index in [0.717, 1.165) is 12.1 Å². The maximum absolute atomic E-state index is 11.8. The van der Waals surface area contributed by atoms with Gasteiger partial charge in [0.25, 0.3) is 11.6 Å². The molecule has 0 spiro atoms.